The van der Waals surface area contributed by atoms with Gasteiger partial charge in [0.25, 0.3) is 5.91 Å². The van der Waals surface area contributed by atoms with E-state index in [0.717, 1.165) is 12.1 Å². The zero-order chi connectivity index (χ0) is 25.5. The number of carbonyl (C=O) groups excluding carboxylic acids is 3. The molecule has 2 atom stereocenters. The zero-order valence-corrected chi connectivity index (χ0v) is 19.6. The quantitative estimate of drug-likeness (QED) is 0.646. The lowest BCUT2D eigenvalue weighted by atomic mass is 9.95. The van der Waals surface area contributed by atoms with E-state index in [1.165, 1.54) is 35.9 Å². The maximum absolute atomic E-state index is 13.4. The van der Waals surface area contributed by atoms with Crippen LogP contribution < -0.4 is 10.6 Å². The van der Waals surface area contributed by atoms with Gasteiger partial charge in [0.15, 0.2) is 0 Å². The standard InChI is InChI=1S/C24H22ClF3N4O3/c1-13(21(33)29-11-14-6-5-7-15(10-14)24(26,27)28)32-12-18-19(22(32)34)20(30-23(35)31(18)2)16-8-3-4-9-17(16)25/h3-10,13,20H,11-12H2,1-2H3,(H,29,33)(H,30,35)/t13-,20+/m0/s1. The van der Waals surface area contributed by atoms with Crippen LogP contribution in [0.15, 0.2) is 59.8 Å². The smallest absolute Gasteiger partial charge is 0.350 e. The molecule has 0 saturated heterocycles. The molecule has 0 bridgehead atoms. The molecule has 4 rings (SSSR count). The molecule has 2 heterocycles. The van der Waals surface area contributed by atoms with Gasteiger partial charge in [-0.1, -0.05) is 41.9 Å². The third kappa shape index (κ3) is 4.70. The Balaban J connectivity index is 1.51. The van der Waals surface area contributed by atoms with E-state index in [2.05, 4.69) is 10.6 Å². The number of nitrogens with one attached hydrogen (secondary N) is 2. The predicted octanol–water partition coefficient (Wildman–Crippen LogP) is 3.86. The molecule has 2 aliphatic heterocycles. The van der Waals surface area contributed by atoms with Crippen molar-refractivity contribution in [1.82, 2.24) is 20.4 Å². The van der Waals surface area contributed by atoms with Gasteiger partial charge in [-0.25, -0.2) is 4.79 Å². The number of carbonyl (C=O) groups is 3. The first-order valence-corrected chi connectivity index (χ1v) is 11.1. The van der Waals surface area contributed by atoms with E-state index >= 15 is 0 Å². The largest absolute Gasteiger partial charge is 0.416 e. The fraction of sp³-hybridized carbons (Fsp3) is 0.292. The van der Waals surface area contributed by atoms with E-state index in [4.69, 9.17) is 11.6 Å². The summed E-state index contributed by atoms with van der Waals surface area (Å²) in [5.74, 6) is -0.967. The Morgan fingerprint density at radius 2 is 1.91 bits per heavy atom. The van der Waals surface area contributed by atoms with Crippen LogP contribution in [-0.2, 0) is 22.3 Å². The van der Waals surface area contributed by atoms with Crippen LogP contribution in [0.1, 0.15) is 29.7 Å². The molecule has 2 aromatic rings. The maximum atomic E-state index is 13.4. The van der Waals surface area contributed by atoms with Gasteiger partial charge >= 0.3 is 12.2 Å². The third-order valence-electron chi connectivity index (χ3n) is 6.17. The molecule has 184 valence electrons. The Kier molecular flexibility index (Phi) is 6.50. The van der Waals surface area contributed by atoms with Crippen molar-refractivity contribution in [2.24, 2.45) is 0 Å². The molecule has 35 heavy (non-hydrogen) atoms. The Hall–Kier alpha value is -3.53. The van der Waals surface area contributed by atoms with Crippen molar-refractivity contribution in [3.8, 4) is 0 Å². The highest BCUT2D eigenvalue weighted by atomic mass is 35.5. The van der Waals surface area contributed by atoms with Crippen LogP contribution in [0, 0.1) is 0 Å². The van der Waals surface area contributed by atoms with Gasteiger partial charge in [-0.05, 0) is 36.2 Å². The van der Waals surface area contributed by atoms with Crippen molar-refractivity contribution >= 4 is 29.4 Å². The molecule has 0 aromatic heterocycles. The molecule has 11 heteroatoms. The van der Waals surface area contributed by atoms with Crippen molar-refractivity contribution in [1.29, 1.82) is 0 Å². The number of rotatable bonds is 5. The number of likely N-dealkylation sites (N-methyl/N-ethyl adjacent to an activating group) is 1. The van der Waals surface area contributed by atoms with Crippen LogP contribution >= 0.6 is 11.6 Å². The molecule has 2 aromatic carbocycles. The Bertz CT molecular complexity index is 1230. The van der Waals surface area contributed by atoms with Crippen molar-refractivity contribution in [2.75, 3.05) is 13.6 Å². The number of halogens is 4. The van der Waals surface area contributed by atoms with Crippen LogP contribution in [0.4, 0.5) is 18.0 Å². The lowest BCUT2D eigenvalue weighted by Crippen LogP contribution is -2.46. The summed E-state index contributed by atoms with van der Waals surface area (Å²) >= 11 is 6.32. The molecule has 7 nitrogen and oxygen atoms in total. The van der Waals surface area contributed by atoms with Gasteiger partial charge in [0.2, 0.25) is 5.91 Å². The fourth-order valence-electron chi connectivity index (χ4n) is 4.18. The second kappa shape index (κ2) is 9.26. The van der Waals surface area contributed by atoms with E-state index in [1.807, 2.05) is 0 Å². The van der Waals surface area contributed by atoms with Gasteiger partial charge in [-0.15, -0.1) is 0 Å². The lowest BCUT2D eigenvalue weighted by Gasteiger charge is -2.31. The summed E-state index contributed by atoms with van der Waals surface area (Å²) in [6, 6.07) is 9.38. The zero-order valence-electron chi connectivity index (χ0n) is 18.8. The first-order chi connectivity index (χ1) is 16.5. The predicted molar refractivity (Wildman–Crippen MR) is 122 cm³/mol. The molecular weight excluding hydrogens is 485 g/mol. The first-order valence-electron chi connectivity index (χ1n) is 10.8. The van der Waals surface area contributed by atoms with E-state index in [0.29, 0.717) is 21.9 Å². The molecule has 0 spiro atoms. The molecule has 0 saturated carbocycles. The number of urea groups is 1. The van der Waals surface area contributed by atoms with Crippen LogP contribution in [0.3, 0.4) is 0 Å². The van der Waals surface area contributed by atoms with Crippen LogP contribution in [0.25, 0.3) is 0 Å². The molecule has 2 N–H and O–H groups in total. The Morgan fingerprint density at radius 3 is 2.60 bits per heavy atom. The van der Waals surface area contributed by atoms with Gasteiger partial charge in [-0.3, -0.25) is 14.5 Å². The van der Waals surface area contributed by atoms with Crippen molar-refractivity contribution in [3.63, 3.8) is 0 Å². The van der Waals surface area contributed by atoms with Crippen LogP contribution in [-0.4, -0.2) is 47.3 Å². The Morgan fingerprint density at radius 1 is 1.20 bits per heavy atom. The van der Waals surface area contributed by atoms with Crippen molar-refractivity contribution in [2.45, 2.75) is 31.7 Å². The fourth-order valence-corrected chi connectivity index (χ4v) is 4.42. The highest BCUT2D eigenvalue weighted by Gasteiger charge is 2.45. The molecule has 4 amide bonds. The Labute approximate surface area is 204 Å². The third-order valence-corrected chi connectivity index (χ3v) is 6.52. The second-order valence-corrected chi connectivity index (χ2v) is 8.76. The number of hydrogen-bond donors (Lipinski definition) is 2. The van der Waals surface area contributed by atoms with Gasteiger partial charge in [0.1, 0.15) is 6.04 Å². The van der Waals surface area contributed by atoms with Gasteiger partial charge in [0.05, 0.1) is 29.4 Å². The number of amides is 4. The SMILES string of the molecule is C[C@@H](C(=O)NCc1cccc(C(F)(F)F)c1)N1CC2=C(C1=O)[C@@H](c1ccccc1Cl)NC(=O)N2C. The first kappa shape index (κ1) is 24.6. The maximum Gasteiger partial charge on any atom is 0.416 e. The number of hydrogen-bond acceptors (Lipinski definition) is 3. The van der Waals surface area contributed by atoms with Crippen molar-refractivity contribution in [3.05, 3.63) is 81.5 Å². The average Bonchev–Trinajstić information content (AvgIpc) is 3.17. The number of alkyl halides is 3. The monoisotopic (exact) mass is 506 g/mol. The normalized spacial score (nSPS) is 19.0. The molecular formula is C24H22ClF3N4O3. The second-order valence-electron chi connectivity index (χ2n) is 8.35. The summed E-state index contributed by atoms with van der Waals surface area (Å²) in [4.78, 5) is 41.4. The average molecular weight is 507 g/mol. The van der Waals surface area contributed by atoms with Gasteiger partial charge in [-0.2, -0.15) is 13.2 Å². The minimum atomic E-state index is -4.49. The van der Waals surface area contributed by atoms with Crippen molar-refractivity contribution < 1.29 is 27.6 Å². The van der Waals surface area contributed by atoms with E-state index < -0.39 is 41.7 Å². The highest BCUT2D eigenvalue weighted by molar-refractivity contribution is 6.31. The summed E-state index contributed by atoms with van der Waals surface area (Å²) in [7, 11) is 1.53. The topological polar surface area (TPSA) is 81.8 Å². The van der Waals surface area contributed by atoms with E-state index in [1.54, 1.807) is 24.3 Å². The minimum Gasteiger partial charge on any atom is -0.350 e. The summed E-state index contributed by atoms with van der Waals surface area (Å²) < 4.78 is 38.8. The van der Waals surface area contributed by atoms with Crippen LogP contribution in [0.2, 0.25) is 5.02 Å². The number of benzene rings is 2. The molecule has 0 radical (unpaired) electrons. The molecule has 2 aliphatic rings. The minimum absolute atomic E-state index is 0.0250. The number of nitrogens with zero attached hydrogens (tertiary/aromatic N) is 2. The summed E-state index contributed by atoms with van der Waals surface area (Å²) in [5.41, 5.74) is 0.799. The summed E-state index contributed by atoms with van der Waals surface area (Å²) in [6.07, 6.45) is -4.49. The van der Waals surface area contributed by atoms with E-state index in [9.17, 15) is 27.6 Å². The van der Waals surface area contributed by atoms with Crippen LogP contribution in [0.5, 0.6) is 0 Å². The van der Waals surface area contributed by atoms with Gasteiger partial charge < -0.3 is 15.5 Å². The van der Waals surface area contributed by atoms with E-state index in [-0.39, 0.29) is 18.7 Å². The van der Waals surface area contributed by atoms with Gasteiger partial charge in [0, 0.05) is 18.6 Å². The molecule has 0 unspecified atom stereocenters. The molecule has 0 aliphatic carbocycles. The lowest BCUT2D eigenvalue weighted by molar-refractivity contribution is -0.137. The highest BCUT2D eigenvalue weighted by Crippen LogP contribution is 2.38. The molecule has 0 fully saturated rings. The summed E-state index contributed by atoms with van der Waals surface area (Å²) in [5, 5.41) is 5.76. The summed E-state index contributed by atoms with van der Waals surface area (Å²) in [6.45, 7) is 1.42.